The fourth-order valence-corrected chi connectivity index (χ4v) is 2.89. The van der Waals surface area contributed by atoms with E-state index in [-0.39, 0.29) is 5.91 Å². The molecule has 0 unspecified atom stereocenters. The highest BCUT2D eigenvalue weighted by atomic mass is 16.2. The molecule has 1 aliphatic rings. The second-order valence-electron chi connectivity index (χ2n) is 6.13. The molecule has 1 fully saturated rings. The van der Waals surface area contributed by atoms with Crippen molar-refractivity contribution in [1.29, 1.82) is 0 Å². The average Bonchev–Trinajstić information content (AvgIpc) is 2.66. The number of nitrogens with one attached hydrogen (secondary N) is 1. The van der Waals surface area contributed by atoms with Crippen molar-refractivity contribution in [3.05, 3.63) is 47.7 Å². The summed E-state index contributed by atoms with van der Waals surface area (Å²) in [4.78, 5) is 29.8. The van der Waals surface area contributed by atoms with Crippen molar-refractivity contribution in [3.63, 3.8) is 0 Å². The van der Waals surface area contributed by atoms with Crippen LogP contribution in [0, 0.1) is 6.92 Å². The van der Waals surface area contributed by atoms with Crippen LogP contribution in [0.4, 0.5) is 5.82 Å². The Balaban J connectivity index is 1.67. The number of anilines is 1. The van der Waals surface area contributed by atoms with Gasteiger partial charge in [-0.25, -0.2) is 9.97 Å². The number of aromatic nitrogens is 3. The lowest BCUT2D eigenvalue weighted by Crippen LogP contribution is -2.48. The molecule has 132 valence electrons. The first kappa shape index (κ1) is 17.3. The Morgan fingerprint density at radius 1 is 1.24 bits per heavy atom. The van der Waals surface area contributed by atoms with Gasteiger partial charge in [-0.1, -0.05) is 13.0 Å². The molecule has 0 radical (unpaired) electrons. The number of aryl methyl sites for hydroxylation is 1. The SMILES string of the molecule is CCN1CCN(C(=O)c2cc(NCc3cccnc3)nc(C)n2)CC1. The van der Waals surface area contributed by atoms with Gasteiger partial charge in [0.2, 0.25) is 0 Å². The Hall–Kier alpha value is -2.54. The maximum absolute atomic E-state index is 12.8. The summed E-state index contributed by atoms with van der Waals surface area (Å²) in [5, 5.41) is 3.25. The highest BCUT2D eigenvalue weighted by molar-refractivity contribution is 5.93. The number of carbonyl (C=O) groups is 1. The van der Waals surface area contributed by atoms with Gasteiger partial charge >= 0.3 is 0 Å². The van der Waals surface area contributed by atoms with Gasteiger partial charge in [0.1, 0.15) is 17.3 Å². The van der Waals surface area contributed by atoms with Crippen molar-refractivity contribution in [3.8, 4) is 0 Å². The van der Waals surface area contributed by atoms with E-state index in [1.165, 1.54) is 0 Å². The van der Waals surface area contributed by atoms with Crippen LogP contribution >= 0.6 is 0 Å². The summed E-state index contributed by atoms with van der Waals surface area (Å²) in [6, 6.07) is 5.62. The Labute approximate surface area is 148 Å². The van der Waals surface area contributed by atoms with Crippen molar-refractivity contribution < 1.29 is 4.79 Å². The third-order valence-corrected chi connectivity index (χ3v) is 4.36. The summed E-state index contributed by atoms with van der Waals surface area (Å²) in [7, 11) is 0. The minimum atomic E-state index is -0.0225. The average molecular weight is 340 g/mol. The van der Waals surface area contributed by atoms with Crippen LogP contribution in [0.2, 0.25) is 0 Å². The predicted molar refractivity (Wildman–Crippen MR) is 96.4 cm³/mol. The summed E-state index contributed by atoms with van der Waals surface area (Å²) >= 11 is 0. The summed E-state index contributed by atoms with van der Waals surface area (Å²) in [5.41, 5.74) is 1.51. The standard InChI is InChI=1S/C18H24N6O/c1-3-23-7-9-24(10-8-23)18(25)16-11-17(22-14(2)21-16)20-13-15-5-4-6-19-12-15/h4-6,11-12H,3,7-10,13H2,1-2H3,(H,20,21,22). The number of rotatable bonds is 5. The van der Waals surface area contributed by atoms with Gasteiger partial charge in [-0.05, 0) is 25.1 Å². The van der Waals surface area contributed by atoms with E-state index in [1.807, 2.05) is 17.0 Å². The summed E-state index contributed by atoms with van der Waals surface area (Å²) in [6.45, 7) is 8.90. The lowest BCUT2D eigenvalue weighted by Gasteiger charge is -2.33. The van der Waals surface area contributed by atoms with E-state index in [2.05, 4.69) is 32.1 Å². The molecule has 25 heavy (non-hydrogen) atoms. The molecule has 0 spiro atoms. The molecule has 2 aromatic heterocycles. The third kappa shape index (κ3) is 4.51. The molecule has 0 saturated carbocycles. The van der Waals surface area contributed by atoms with Crippen molar-refractivity contribution in [1.82, 2.24) is 24.8 Å². The van der Waals surface area contributed by atoms with Gasteiger partial charge in [-0.15, -0.1) is 0 Å². The van der Waals surface area contributed by atoms with Gasteiger partial charge in [-0.2, -0.15) is 0 Å². The van der Waals surface area contributed by atoms with E-state index >= 15 is 0 Å². The number of nitrogens with zero attached hydrogens (tertiary/aromatic N) is 5. The van der Waals surface area contributed by atoms with E-state index in [9.17, 15) is 4.79 Å². The predicted octanol–water partition coefficient (Wildman–Crippen LogP) is 1.57. The topological polar surface area (TPSA) is 74.2 Å². The van der Waals surface area contributed by atoms with E-state index < -0.39 is 0 Å². The molecule has 0 aromatic carbocycles. The van der Waals surface area contributed by atoms with Crippen molar-refractivity contribution in [2.75, 3.05) is 38.0 Å². The lowest BCUT2D eigenvalue weighted by atomic mass is 10.2. The molecule has 1 N–H and O–H groups in total. The Morgan fingerprint density at radius 3 is 2.72 bits per heavy atom. The van der Waals surface area contributed by atoms with Gasteiger partial charge in [0.05, 0.1) is 0 Å². The van der Waals surface area contributed by atoms with Gasteiger partial charge in [0, 0.05) is 51.2 Å². The quantitative estimate of drug-likeness (QED) is 0.891. The minimum Gasteiger partial charge on any atom is -0.366 e. The first-order chi connectivity index (χ1) is 12.2. The summed E-state index contributed by atoms with van der Waals surface area (Å²) in [6.07, 6.45) is 3.55. The molecule has 1 aliphatic heterocycles. The molecule has 7 nitrogen and oxygen atoms in total. The molecule has 3 heterocycles. The number of pyridine rings is 1. The van der Waals surface area contributed by atoms with Crippen LogP contribution in [-0.4, -0.2) is 63.4 Å². The van der Waals surface area contributed by atoms with Crippen LogP contribution in [0.25, 0.3) is 0 Å². The Kier molecular flexibility index (Phi) is 5.55. The molecule has 0 bridgehead atoms. The highest BCUT2D eigenvalue weighted by Crippen LogP contribution is 2.12. The van der Waals surface area contributed by atoms with E-state index in [0.29, 0.717) is 23.9 Å². The summed E-state index contributed by atoms with van der Waals surface area (Å²) in [5.74, 6) is 1.23. The summed E-state index contributed by atoms with van der Waals surface area (Å²) < 4.78 is 0. The Morgan fingerprint density at radius 2 is 2.04 bits per heavy atom. The number of piperazine rings is 1. The van der Waals surface area contributed by atoms with Gasteiger partial charge in [0.25, 0.3) is 5.91 Å². The maximum atomic E-state index is 12.8. The lowest BCUT2D eigenvalue weighted by molar-refractivity contribution is 0.0637. The monoisotopic (exact) mass is 340 g/mol. The fourth-order valence-electron chi connectivity index (χ4n) is 2.89. The van der Waals surface area contributed by atoms with Crippen LogP contribution in [-0.2, 0) is 6.54 Å². The highest BCUT2D eigenvalue weighted by Gasteiger charge is 2.23. The van der Waals surface area contributed by atoms with Crippen molar-refractivity contribution >= 4 is 11.7 Å². The van der Waals surface area contributed by atoms with Crippen molar-refractivity contribution in [2.45, 2.75) is 20.4 Å². The second-order valence-corrected chi connectivity index (χ2v) is 6.13. The maximum Gasteiger partial charge on any atom is 0.272 e. The van der Waals surface area contributed by atoms with Gasteiger partial charge in [0.15, 0.2) is 0 Å². The molecule has 0 atom stereocenters. The molecular formula is C18H24N6O. The van der Waals surface area contributed by atoms with Gasteiger partial charge < -0.3 is 15.1 Å². The van der Waals surface area contributed by atoms with E-state index in [4.69, 9.17) is 0 Å². The minimum absolute atomic E-state index is 0.0225. The number of hydrogen-bond donors (Lipinski definition) is 1. The normalized spacial score (nSPS) is 15.2. The fraction of sp³-hybridized carbons (Fsp3) is 0.444. The molecule has 2 aromatic rings. The molecule has 3 rings (SSSR count). The second kappa shape index (κ2) is 8.02. The van der Waals surface area contributed by atoms with Crippen LogP contribution in [0.3, 0.4) is 0 Å². The molecule has 1 amide bonds. The van der Waals surface area contributed by atoms with Crippen LogP contribution in [0.15, 0.2) is 30.6 Å². The van der Waals surface area contributed by atoms with Crippen LogP contribution in [0.5, 0.6) is 0 Å². The smallest absolute Gasteiger partial charge is 0.272 e. The Bertz CT molecular complexity index is 713. The molecular weight excluding hydrogens is 316 g/mol. The number of likely N-dealkylation sites (N-methyl/N-ethyl adjacent to an activating group) is 1. The first-order valence-electron chi connectivity index (χ1n) is 8.66. The zero-order valence-corrected chi connectivity index (χ0v) is 14.8. The number of amides is 1. The van der Waals surface area contributed by atoms with Crippen molar-refractivity contribution in [2.24, 2.45) is 0 Å². The van der Waals surface area contributed by atoms with Crippen LogP contribution in [0.1, 0.15) is 28.8 Å². The van der Waals surface area contributed by atoms with Crippen LogP contribution < -0.4 is 5.32 Å². The largest absolute Gasteiger partial charge is 0.366 e. The number of hydrogen-bond acceptors (Lipinski definition) is 6. The van der Waals surface area contributed by atoms with E-state index in [1.54, 1.807) is 25.4 Å². The molecule has 7 heteroatoms. The number of carbonyl (C=O) groups excluding carboxylic acids is 1. The van der Waals surface area contributed by atoms with Gasteiger partial charge in [-0.3, -0.25) is 9.78 Å². The van der Waals surface area contributed by atoms with E-state index in [0.717, 1.165) is 38.3 Å². The third-order valence-electron chi connectivity index (χ3n) is 4.36. The zero-order chi connectivity index (χ0) is 17.6. The zero-order valence-electron chi connectivity index (χ0n) is 14.8. The molecule has 1 saturated heterocycles. The molecule has 0 aliphatic carbocycles. The first-order valence-corrected chi connectivity index (χ1v) is 8.66.